The second-order valence-corrected chi connectivity index (χ2v) is 4.23. The minimum absolute atomic E-state index is 0.00542. The molecule has 1 saturated heterocycles. The quantitative estimate of drug-likeness (QED) is 0.661. The molecular formula is C11H21N3O2. The van der Waals surface area contributed by atoms with Gasteiger partial charge in [-0.3, -0.25) is 9.59 Å². The highest BCUT2D eigenvalue weighted by atomic mass is 16.2. The Balaban J connectivity index is 2.50. The predicted octanol–water partition coefficient (Wildman–Crippen LogP) is -0.564. The van der Waals surface area contributed by atoms with Crippen molar-refractivity contribution in [2.45, 2.75) is 13.8 Å². The molecule has 5 nitrogen and oxygen atoms in total. The minimum Gasteiger partial charge on any atom is -0.358 e. The number of likely N-dealkylation sites (N-methyl/N-ethyl adjacent to an activating group) is 2. The zero-order valence-electron chi connectivity index (χ0n) is 10.2. The van der Waals surface area contributed by atoms with Crippen molar-refractivity contribution in [1.29, 1.82) is 0 Å². The Morgan fingerprint density at radius 3 is 2.50 bits per heavy atom. The second-order valence-electron chi connectivity index (χ2n) is 4.23. The smallest absolute Gasteiger partial charge is 0.239 e. The van der Waals surface area contributed by atoms with Crippen LogP contribution in [0, 0.1) is 11.8 Å². The minimum atomic E-state index is -0.117. The molecule has 0 aliphatic carbocycles. The summed E-state index contributed by atoms with van der Waals surface area (Å²) in [5.41, 5.74) is 0. The van der Waals surface area contributed by atoms with Crippen LogP contribution in [0.1, 0.15) is 13.8 Å². The Bertz CT molecular complexity index is 264. The number of nitrogens with zero attached hydrogens (tertiary/aromatic N) is 1. The van der Waals surface area contributed by atoms with Crippen molar-refractivity contribution in [3.8, 4) is 0 Å². The number of nitrogens with one attached hydrogen (secondary N) is 2. The van der Waals surface area contributed by atoms with Crippen LogP contribution in [0.15, 0.2) is 0 Å². The number of carbonyl (C=O) groups is 2. The summed E-state index contributed by atoms with van der Waals surface area (Å²) in [5, 5.41) is 5.69. The fraction of sp³-hybridized carbons (Fsp3) is 0.818. The predicted molar refractivity (Wildman–Crippen MR) is 61.8 cm³/mol. The summed E-state index contributed by atoms with van der Waals surface area (Å²) in [7, 11) is 1.58. The molecule has 16 heavy (non-hydrogen) atoms. The molecule has 0 radical (unpaired) electrons. The largest absolute Gasteiger partial charge is 0.358 e. The van der Waals surface area contributed by atoms with Gasteiger partial charge in [-0.05, 0) is 25.9 Å². The first-order valence-corrected chi connectivity index (χ1v) is 5.80. The van der Waals surface area contributed by atoms with E-state index in [9.17, 15) is 9.59 Å². The van der Waals surface area contributed by atoms with Gasteiger partial charge in [0.05, 0.1) is 6.54 Å². The van der Waals surface area contributed by atoms with E-state index in [0.717, 1.165) is 13.1 Å². The van der Waals surface area contributed by atoms with Crippen LogP contribution in [-0.4, -0.2) is 49.9 Å². The van der Waals surface area contributed by atoms with Crippen LogP contribution >= 0.6 is 0 Å². The number of hydrogen-bond acceptors (Lipinski definition) is 3. The SMILES string of the molecule is CCN(CC(=O)NC)C(=O)C(C)C1CNC1. The molecular weight excluding hydrogens is 206 g/mol. The van der Waals surface area contributed by atoms with E-state index in [0.29, 0.717) is 12.5 Å². The molecule has 0 aromatic rings. The molecule has 1 fully saturated rings. The Morgan fingerprint density at radius 2 is 2.12 bits per heavy atom. The second kappa shape index (κ2) is 5.84. The summed E-state index contributed by atoms with van der Waals surface area (Å²) in [5.74, 6) is 0.392. The molecule has 0 spiro atoms. The summed E-state index contributed by atoms with van der Waals surface area (Å²) in [6.45, 7) is 6.40. The molecule has 5 heteroatoms. The van der Waals surface area contributed by atoms with E-state index in [4.69, 9.17) is 0 Å². The first-order valence-electron chi connectivity index (χ1n) is 5.80. The summed E-state index contributed by atoms with van der Waals surface area (Å²) < 4.78 is 0. The van der Waals surface area contributed by atoms with E-state index in [2.05, 4.69) is 10.6 Å². The highest BCUT2D eigenvalue weighted by Gasteiger charge is 2.31. The lowest BCUT2D eigenvalue weighted by Crippen LogP contribution is -2.51. The molecule has 1 aliphatic rings. The molecule has 1 heterocycles. The van der Waals surface area contributed by atoms with Crippen molar-refractivity contribution in [3.63, 3.8) is 0 Å². The van der Waals surface area contributed by atoms with E-state index in [1.54, 1.807) is 11.9 Å². The lowest BCUT2D eigenvalue weighted by molar-refractivity contribution is -0.140. The van der Waals surface area contributed by atoms with Crippen molar-refractivity contribution >= 4 is 11.8 Å². The monoisotopic (exact) mass is 227 g/mol. The van der Waals surface area contributed by atoms with Crippen LogP contribution in [0.4, 0.5) is 0 Å². The first kappa shape index (κ1) is 13.0. The number of amides is 2. The van der Waals surface area contributed by atoms with Gasteiger partial charge in [0, 0.05) is 19.5 Å². The van der Waals surface area contributed by atoms with Crippen LogP contribution in [0.25, 0.3) is 0 Å². The van der Waals surface area contributed by atoms with Crippen molar-refractivity contribution in [3.05, 3.63) is 0 Å². The molecule has 0 saturated carbocycles. The van der Waals surface area contributed by atoms with E-state index >= 15 is 0 Å². The average Bonchev–Trinajstić information content (AvgIpc) is 2.21. The van der Waals surface area contributed by atoms with Gasteiger partial charge in [0.25, 0.3) is 0 Å². The number of rotatable bonds is 5. The molecule has 1 aliphatic heterocycles. The van der Waals surface area contributed by atoms with Crippen molar-refractivity contribution in [1.82, 2.24) is 15.5 Å². The van der Waals surface area contributed by atoms with Gasteiger partial charge >= 0.3 is 0 Å². The molecule has 0 aromatic heterocycles. The first-order chi connectivity index (χ1) is 7.60. The van der Waals surface area contributed by atoms with E-state index in [1.165, 1.54) is 0 Å². The van der Waals surface area contributed by atoms with E-state index < -0.39 is 0 Å². The highest BCUT2D eigenvalue weighted by molar-refractivity contribution is 5.85. The fourth-order valence-corrected chi connectivity index (χ4v) is 1.75. The van der Waals surface area contributed by atoms with Crippen LogP contribution < -0.4 is 10.6 Å². The van der Waals surface area contributed by atoms with Gasteiger partial charge in [-0.2, -0.15) is 0 Å². The van der Waals surface area contributed by atoms with Crippen LogP contribution in [0.2, 0.25) is 0 Å². The molecule has 2 amide bonds. The zero-order chi connectivity index (χ0) is 12.1. The molecule has 92 valence electrons. The number of carbonyl (C=O) groups excluding carboxylic acids is 2. The summed E-state index contributed by atoms with van der Waals surface area (Å²) in [6, 6.07) is 0. The van der Waals surface area contributed by atoms with Crippen LogP contribution in [0.3, 0.4) is 0 Å². The molecule has 2 N–H and O–H groups in total. The standard InChI is InChI=1S/C11H21N3O2/c1-4-14(7-10(15)12-3)11(16)8(2)9-5-13-6-9/h8-9,13H,4-7H2,1-3H3,(H,12,15). The van der Waals surface area contributed by atoms with Gasteiger partial charge in [0.15, 0.2) is 0 Å². The normalized spacial score (nSPS) is 17.4. The number of hydrogen-bond donors (Lipinski definition) is 2. The Kier molecular flexibility index (Phi) is 4.73. The Morgan fingerprint density at radius 1 is 1.50 bits per heavy atom. The van der Waals surface area contributed by atoms with Crippen molar-refractivity contribution < 1.29 is 9.59 Å². The highest BCUT2D eigenvalue weighted by Crippen LogP contribution is 2.18. The van der Waals surface area contributed by atoms with Crippen LogP contribution in [-0.2, 0) is 9.59 Å². The molecule has 0 aromatic carbocycles. The van der Waals surface area contributed by atoms with Gasteiger partial charge < -0.3 is 15.5 Å². The summed E-state index contributed by atoms with van der Waals surface area (Å²) >= 11 is 0. The topological polar surface area (TPSA) is 61.4 Å². The lowest BCUT2D eigenvalue weighted by atomic mass is 9.88. The van der Waals surface area contributed by atoms with Gasteiger partial charge in [-0.1, -0.05) is 6.92 Å². The molecule has 1 atom stereocenters. The maximum absolute atomic E-state index is 12.1. The zero-order valence-corrected chi connectivity index (χ0v) is 10.2. The van der Waals surface area contributed by atoms with Crippen LogP contribution in [0.5, 0.6) is 0 Å². The van der Waals surface area contributed by atoms with Gasteiger partial charge in [0.2, 0.25) is 11.8 Å². The third-order valence-electron chi connectivity index (χ3n) is 3.22. The molecule has 1 unspecified atom stereocenters. The average molecular weight is 227 g/mol. The van der Waals surface area contributed by atoms with E-state index in [-0.39, 0.29) is 24.3 Å². The molecule has 1 rings (SSSR count). The lowest BCUT2D eigenvalue weighted by Gasteiger charge is -2.34. The maximum Gasteiger partial charge on any atom is 0.239 e. The van der Waals surface area contributed by atoms with Gasteiger partial charge in [0.1, 0.15) is 0 Å². The third-order valence-corrected chi connectivity index (χ3v) is 3.22. The summed E-state index contributed by atoms with van der Waals surface area (Å²) in [4.78, 5) is 24.9. The van der Waals surface area contributed by atoms with Crippen molar-refractivity contribution in [2.75, 3.05) is 33.2 Å². The summed E-state index contributed by atoms with van der Waals surface area (Å²) in [6.07, 6.45) is 0. The molecule has 0 bridgehead atoms. The fourth-order valence-electron chi connectivity index (χ4n) is 1.75. The Labute approximate surface area is 96.6 Å². The Hall–Kier alpha value is -1.10. The van der Waals surface area contributed by atoms with Gasteiger partial charge in [-0.25, -0.2) is 0 Å². The van der Waals surface area contributed by atoms with Crippen molar-refractivity contribution in [2.24, 2.45) is 11.8 Å². The third kappa shape index (κ3) is 2.95. The van der Waals surface area contributed by atoms with E-state index in [1.807, 2.05) is 13.8 Å². The maximum atomic E-state index is 12.1. The van der Waals surface area contributed by atoms with Gasteiger partial charge in [-0.15, -0.1) is 0 Å².